The monoisotopic (exact) mass is 227 g/mol. The minimum atomic E-state index is -3.09. The maximum atomic E-state index is 11.0. The molecule has 84 valence electrons. The van der Waals surface area contributed by atoms with E-state index >= 15 is 0 Å². The molecule has 0 bridgehead atoms. The van der Waals surface area contributed by atoms with E-state index in [1.54, 1.807) is 0 Å². The SMILES string of the molecule is CC[C@H](CNS(C)(=O)=O)c1ccccc1. The predicted octanol–water partition coefficient (Wildman–Crippen LogP) is 1.73. The summed E-state index contributed by atoms with van der Waals surface area (Å²) in [6.45, 7) is 2.53. The molecule has 1 atom stereocenters. The molecule has 0 aromatic heterocycles. The molecular weight excluding hydrogens is 210 g/mol. The highest BCUT2D eigenvalue weighted by molar-refractivity contribution is 7.88. The molecule has 0 fully saturated rings. The zero-order valence-electron chi connectivity index (χ0n) is 9.10. The molecule has 0 unspecified atom stereocenters. The fourth-order valence-electron chi connectivity index (χ4n) is 1.48. The van der Waals surface area contributed by atoms with Crippen LogP contribution >= 0.6 is 0 Å². The molecular formula is C11H17NO2S. The lowest BCUT2D eigenvalue weighted by Gasteiger charge is -2.15. The highest BCUT2D eigenvalue weighted by atomic mass is 32.2. The molecule has 1 N–H and O–H groups in total. The summed E-state index contributed by atoms with van der Waals surface area (Å²) in [6, 6.07) is 9.95. The van der Waals surface area contributed by atoms with E-state index in [-0.39, 0.29) is 5.92 Å². The highest BCUT2D eigenvalue weighted by Gasteiger charge is 2.10. The predicted molar refractivity (Wildman–Crippen MR) is 62.3 cm³/mol. The first kappa shape index (κ1) is 12.2. The zero-order valence-corrected chi connectivity index (χ0v) is 9.92. The molecule has 0 saturated carbocycles. The standard InChI is InChI=1S/C11H17NO2S/c1-3-10(9-12-15(2,13)14)11-7-5-4-6-8-11/h4-8,10,12H,3,9H2,1-2H3/t10-/m1/s1. The van der Waals surface area contributed by atoms with Gasteiger partial charge in [0.1, 0.15) is 0 Å². The van der Waals surface area contributed by atoms with Gasteiger partial charge in [0.15, 0.2) is 0 Å². The fourth-order valence-corrected chi connectivity index (χ4v) is 1.98. The Kier molecular flexibility index (Phi) is 4.29. The van der Waals surface area contributed by atoms with Crippen LogP contribution in [0.25, 0.3) is 0 Å². The van der Waals surface area contributed by atoms with Crippen molar-refractivity contribution in [3.63, 3.8) is 0 Å². The molecule has 0 saturated heterocycles. The number of sulfonamides is 1. The average molecular weight is 227 g/mol. The molecule has 0 heterocycles. The fraction of sp³-hybridized carbons (Fsp3) is 0.455. The lowest BCUT2D eigenvalue weighted by Crippen LogP contribution is -2.27. The van der Waals surface area contributed by atoms with Crippen molar-refractivity contribution in [2.24, 2.45) is 0 Å². The zero-order chi connectivity index (χ0) is 11.3. The minimum Gasteiger partial charge on any atom is -0.215 e. The van der Waals surface area contributed by atoms with Gasteiger partial charge in [0.25, 0.3) is 0 Å². The van der Waals surface area contributed by atoms with Crippen LogP contribution in [0.4, 0.5) is 0 Å². The highest BCUT2D eigenvalue weighted by Crippen LogP contribution is 2.17. The Morgan fingerprint density at radius 2 is 1.87 bits per heavy atom. The molecule has 3 nitrogen and oxygen atoms in total. The second-order valence-electron chi connectivity index (χ2n) is 3.64. The maximum Gasteiger partial charge on any atom is 0.208 e. The van der Waals surface area contributed by atoms with E-state index in [0.29, 0.717) is 6.54 Å². The first-order valence-electron chi connectivity index (χ1n) is 5.02. The van der Waals surface area contributed by atoms with Gasteiger partial charge in [-0.25, -0.2) is 13.1 Å². The van der Waals surface area contributed by atoms with E-state index in [9.17, 15) is 8.42 Å². The Morgan fingerprint density at radius 3 is 2.33 bits per heavy atom. The Labute approximate surface area is 91.6 Å². The average Bonchev–Trinajstić information content (AvgIpc) is 2.19. The third kappa shape index (κ3) is 4.44. The lowest BCUT2D eigenvalue weighted by atomic mass is 9.97. The molecule has 0 aliphatic rings. The van der Waals surface area contributed by atoms with Gasteiger partial charge in [-0.15, -0.1) is 0 Å². The topological polar surface area (TPSA) is 46.2 Å². The van der Waals surface area contributed by atoms with E-state index in [4.69, 9.17) is 0 Å². The quantitative estimate of drug-likeness (QED) is 0.832. The van der Waals surface area contributed by atoms with Gasteiger partial charge in [0, 0.05) is 6.54 Å². The normalized spacial score (nSPS) is 13.7. The van der Waals surface area contributed by atoms with Crippen molar-refractivity contribution in [3.05, 3.63) is 35.9 Å². The van der Waals surface area contributed by atoms with E-state index in [1.165, 1.54) is 11.8 Å². The largest absolute Gasteiger partial charge is 0.215 e. The van der Waals surface area contributed by atoms with Crippen LogP contribution in [0, 0.1) is 0 Å². The Morgan fingerprint density at radius 1 is 1.27 bits per heavy atom. The summed E-state index contributed by atoms with van der Waals surface area (Å²) >= 11 is 0. The van der Waals surface area contributed by atoms with Crippen LogP contribution in [0.3, 0.4) is 0 Å². The van der Waals surface area contributed by atoms with Gasteiger partial charge in [-0.3, -0.25) is 0 Å². The van der Waals surface area contributed by atoms with E-state index < -0.39 is 10.0 Å². The van der Waals surface area contributed by atoms with Crippen molar-refractivity contribution >= 4 is 10.0 Å². The third-order valence-corrected chi connectivity index (χ3v) is 3.05. The van der Waals surface area contributed by atoms with Crippen LogP contribution in [0.15, 0.2) is 30.3 Å². The van der Waals surface area contributed by atoms with Crippen LogP contribution in [-0.4, -0.2) is 21.2 Å². The van der Waals surface area contributed by atoms with Gasteiger partial charge >= 0.3 is 0 Å². The molecule has 0 radical (unpaired) electrons. The molecule has 0 amide bonds. The summed E-state index contributed by atoms with van der Waals surface area (Å²) in [5, 5.41) is 0. The second-order valence-corrected chi connectivity index (χ2v) is 5.47. The van der Waals surface area contributed by atoms with Gasteiger partial charge in [-0.2, -0.15) is 0 Å². The first-order chi connectivity index (χ1) is 7.03. The summed E-state index contributed by atoms with van der Waals surface area (Å²) in [4.78, 5) is 0. The van der Waals surface area contributed by atoms with Crippen molar-refractivity contribution in [3.8, 4) is 0 Å². The molecule has 0 aliphatic heterocycles. The van der Waals surface area contributed by atoms with Gasteiger partial charge in [-0.1, -0.05) is 37.3 Å². The maximum absolute atomic E-state index is 11.0. The summed E-state index contributed by atoms with van der Waals surface area (Å²) < 4.78 is 24.5. The van der Waals surface area contributed by atoms with Crippen LogP contribution in [0.5, 0.6) is 0 Å². The molecule has 15 heavy (non-hydrogen) atoms. The van der Waals surface area contributed by atoms with Gasteiger partial charge in [-0.05, 0) is 17.9 Å². The molecule has 0 spiro atoms. The molecule has 1 aromatic carbocycles. The van der Waals surface area contributed by atoms with Gasteiger partial charge in [0.05, 0.1) is 6.26 Å². The second kappa shape index (κ2) is 5.28. The number of hydrogen-bond acceptors (Lipinski definition) is 2. The summed E-state index contributed by atoms with van der Waals surface area (Å²) in [6.07, 6.45) is 2.11. The Hall–Kier alpha value is -0.870. The molecule has 1 aromatic rings. The van der Waals surface area contributed by atoms with E-state index in [1.807, 2.05) is 30.3 Å². The molecule has 0 aliphatic carbocycles. The Bertz CT molecular complexity index is 386. The number of hydrogen-bond donors (Lipinski definition) is 1. The third-order valence-electron chi connectivity index (χ3n) is 2.36. The van der Waals surface area contributed by atoms with Crippen molar-refractivity contribution < 1.29 is 8.42 Å². The van der Waals surface area contributed by atoms with Crippen molar-refractivity contribution in [1.82, 2.24) is 4.72 Å². The molecule has 1 rings (SSSR count). The van der Waals surface area contributed by atoms with E-state index in [0.717, 1.165) is 6.42 Å². The van der Waals surface area contributed by atoms with Crippen LogP contribution in [-0.2, 0) is 10.0 Å². The van der Waals surface area contributed by atoms with Gasteiger partial charge in [0.2, 0.25) is 10.0 Å². The summed E-state index contributed by atoms with van der Waals surface area (Å²) in [5.41, 5.74) is 1.18. The summed E-state index contributed by atoms with van der Waals surface area (Å²) in [7, 11) is -3.09. The Balaban J connectivity index is 2.66. The summed E-state index contributed by atoms with van der Waals surface area (Å²) in [5.74, 6) is 0.251. The van der Waals surface area contributed by atoms with E-state index in [2.05, 4.69) is 11.6 Å². The van der Waals surface area contributed by atoms with Crippen LogP contribution in [0.2, 0.25) is 0 Å². The van der Waals surface area contributed by atoms with Crippen molar-refractivity contribution in [2.45, 2.75) is 19.3 Å². The van der Waals surface area contributed by atoms with Crippen LogP contribution in [0.1, 0.15) is 24.8 Å². The lowest BCUT2D eigenvalue weighted by molar-refractivity contribution is 0.571. The number of rotatable bonds is 5. The van der Waals surface area contributed by atoms with Gasteiger partial charge < -0.3 is 0 Å². The minimum absolute atomic E-state index is 0.251. The number of benzene rings is 1. The van der Waals surface area contributed by atoms with Crippen LogP contribution < -0.4 is 4.72 Å². The van der Waals surface area contributed by atoms with Crippen molar-refractivity contribution in [1.29, 1.82) is 0 Å². The number of nitrogens with one attached hydrogen (secondary N) is 1. The first-order valence-corrected chi connectivity index (χ1v) is 6.91. The smallest absolute Gasteiger partial charge is 0.208 e. The van der Waals surface area contributed by atoms with Crippen molar-refractivity contribution in [2.75, 3.05) is 12.8 Å². The molecule has 4 heteroatoms.